The van der Waals surface area contributed by atoms with E-state index in [4.69, 9.17) is 4.98 Å². The highest BCUT2D eigenvalue weighted by Crippen LogP contribution is 2.30. The molecule has 1 aromatic heterocycles. The molecular weight excluding hydrogens is 468 g/mol. The Morgan fingerprint density at radius 2 is 1.86 bits per heavy atom. The summed E-state index contributed by atoms with van der Waals surface area (Å²) in [5.41, 5.74) is 3.35. The van der Waals surface area contributed by atoms with Crippen LogP contribution in [0.2, 0.25) is 0 Å². The Bertz CT molecular complexity index is 1090. The molecule has 1 aliphatic rings. The first-order valence-corrected chi connectivity index (χ1v) is 12.9. The lowest BCUT2D eigenvalue weighted by Crippen LogP contribution is -2.39. The SMILES string of the molecule is Cc1ccc(S(=O)(=O)C2CCN(c3nc(Cc4cccc(Br)c4)cs3)CC2)cc1. The highest BCUT2D eigenvalue weighted by molar-refractivity contribution is 9.10. The van der Waals surface area contributed by atoms with E-state index in [9.17, 15) is 8.42 Å². The number of thiazole rings is 1. The molecule has 0 amide bonds. The van der Waals surface area contributed by atoms with Gasteiger partial charge in [-0.25, -0.2) is 13.4 Å². The van der Waals surface area contributed by atoms with Crippen LogP contribution in [0.15, 0.2) is 63.3 Å². The first-order chi connectivity index (χ1) is 13.9. The number of piperidine rings is 1. The molecule has 0 N–H and O–H groups in total. The third kappa shape index (κ3) is 4.73. The molecule has 2 heterocycles. The van der Waals surface area contributed by atoms with Crippen LogP contribution < -0.4 is 4.90 Å². The van der Waals surface area contributed by atoms with E-state index in [1.165, 1.54) is 5.56 Å². The minimum atomic E-state index is -3.27. The normalized spacial score (nSPS) is 15.6. The molecule has 0 bridgehead atoms. The Hall–Kier alpha value is -1.70. The Labute approximate surface area is 184 Å². The van der Waals surface area contributed by atoms with Crippen LogP contribution in [0, 0.1) is 6.92 Å². The fourth-order valence-corrected chi connectivity index (χ4v) is 6.71. The zero-order valence-corrected chi connectivity index (χ0v) is 19.4. The quantitative estimate of drug-likeness (QED) is 0.490. The van der Waals surface area contributed by atoms with E-state index < -0.39 is 9.84 Å². The number of hydrogen-bond donors (Lipinski definition) is 0. The maximum absolute atomic E-state index is 12.9. The van der Waals surface area contributed by atoms with Crippen LogP contribution in [0.1, 0.15) is 29.7 Å². The second-order valence-corrected chi connectivity index (χ2v) is 11.5. The topological polar surface area (TPSA) is 50.3 Å². The van der Waals surface area contributed by atoms with Crippen molar-refractivity contribution in [2.75, 3.05) is 18.0 Å². The number of aromatic nitrogens is 1. The van der Waals surface area contributed by atoms with E-state index in [0.29, 0.717) is 17.7 Å². The molecule has 0 unspecified atom stereocenters. The standard InChI is InChI=1S/C22H23BrN2O2S2/c1-16-5-7-20(8-6-16)29(26,27)21-9-11-25(12-10-21)22-24-19(15-28-22)14-17-3-2-4-18(23)13-17/h2-8,13,15,21H,9-12,14H2,1H3. The molecule has 0 radical (unpaired) electrons. The average molecular weight is 491 g/mol. The molecule has 7 heteroatoms. The summed E-state index contributed by atoms with van der Waals surface area (Å²) in [7, 11) is -3.27. The number of sulfone groups is 1. The van der Waals surface area contributed by atoms with Crippen molar-refractivity contribution in [2.45, 2.75) is 36.3 Å². The van der Waals surface area contributed by atoms with Gasteiger partial charge in [-0.2, -0.15) is 0 Å². The van der Waals surface area contributed by atoms with E-state index in [0.717, 1.165) is 40.4 Å². The van der Waals surface area contributed by atoms with Crippen LogP contribution in [0.4, 0.5) is 5.13 Å². The van der Waals surface area contributed by atoms with Crippen molar-refractivity contribution in [1.29, 1.82) is 0 Å². The van der Waals surface area contributed by atoms with E-state index in [-0.39, 0.29) is 5.25 Å². The van der Waals surface area contributed by atoms with Gasteiger partial charge in [0.05, 0.1) is 15.8 Å². The number of anilines is 1. The Morgan fingerprint density at radius 3 is 2.55 bits per heavy atom. The van der Waals surface area contributed by atoms with Crippen molar-refractivity contribution in [3.63, 3.8) is 0 Å². The van der Waals surface area contributed by atoms with Crippen molar-refractivity contribution in [3.05, 3.63) is 75.2 Å². The van der Waals surface area contributed by atoms with Gasteiger partial charge in [-0.1, -0.05) is 45.8 Å². The molecule has 3 aromatic rings. The minimum absolute atomic E-state index is 0.317. The summed E-state index contributed by atoms with van der Waals surface area (Å²) in [6.07, 6.45) is 2.07. The van der Waals surface area contributed by atoms with E-state index in [1.54, 1.807) is 23.5 Å². The van der Waals surface area contributed by atoms with Gasteiger partial charge in [-0.05, 0) is 49.6 Å². The Kier molecular flexibility index (Phi) is 6.08. The number of benzene rings is 2. The molecule has 1 fully saturated rings. The van der Waals surface area contributed by atoms with E-state index in [1.807, 2.05) is 31.2 Å². The second-order valence-electron chi connectivity index (χ2n) is 7.47. The Balaban J connectivity index is 1.40. The van der Waals surface area contributed by atoms with Gasteiger partial charge in [0.1, 0.15) is 0 Å². The number of hydrogen-bond acceptors (Lipinski definition) is 5. The van der Waals surface area contributed by atoms with Crippen LogP contribution in [-0.4, -0.2) is 31.7 Å². The molecular formula is C22H23BrN2O2S2. The first-order valence-electron chi connectivity index (χ1n) is 9.66. The smallest absolute Gasteiger partial charge is 0.185 e. The van der Waals surface area contributed by atoms with Gasteiger partial charge in [0.15, 0.2) is 15.0 Å². The predicted octanol–water partition coefficient (Wildman–Crippen LogP) is 5.25. The molecule has 0 spiro atoms. The maximum atomic E-state index is 12.9. The molecule has 0 aliphatic carbocycles. The Morgan fingerprint density at radius 1 is 1.14 bits per heavy atom. The molecule has 2 aromatic carbocycles. The zero-order chi connectivity index (χ0) is 20.4. The monoisotopic (exact) mass is 490 g/mol. The van der Waals surface area contributed by atoms with Crippen molar-refractivity contribution in [2.24, 2.45) is 0 Å². The third-order valence-corrected chi connectivity index (χ3v) is 9.04. The second kappa shape index (κ2) is 8.58. The van der Waals surface area contributed by atoms with E-state index in [2.05, 4.69) is 38.3 Å². The predicted molar refractivity (Wildman–Crippen MR) is 123 cm³/mol. The molecule has 1 saturated heterocycles. The van der Waals surface area contributed by atoms with Gasteiger partial charge >= 0.3 is 0 Å². The maximum Gasteiger partial charge on any atom is 0.185 e. The fourth-order valence-electron chi connectivity index (χ4n) is 3.66. The highest BCUT2D eigenvalue weighted by Gasteiger charge is 2.32. The van der Waals surface area contributed by atoms with Crippen molar-refractivity contribution in [3.8, 4) is 0 Å². The number of nitrogens with zero attached hydrogens (tertiary/aromatic N) is 2. The molecule has 152 valence electrons. The van der Waals surface area contributed by atoms with Gasteiger partial charge in [-0.3, -0.25) is 0 Å². The summed E-state index contributed by atoms with van der Waals surface area (Å²) in [6.45, 7) is 3.41. The van der Waals surface area contributed by atoms with Crippen LogP contribution in [0.25, 0.3) is 0 Å². The van der Waals surface area contributed by atoms with Crippen LogP contribution in [0.5, 0.6) is 0 Å². The zero-order valence-electron chi connectivity index (χ0n) is 16.2. The average Bonchev–Trinajstić information content (AvgIpc) is 3.17. The van der Waals surface area contributed by atoms with Crippen LogP contribution in [0.3, 0.4) is 0 Å². The summed E-state index contributed by atoms with van der Waals surface area (Å²) >= 11 is 5.15. The number of aryl methyl sites for hydroxylation is 1. The summed E-state index contributed by atoms with van der Waals surface area (Å²) in [6, 6.07) is 15.5. The lowest BCUT2D eigenvalue weighted by Gasteiger charge is -2.31. The van der Waals surface area contributed by atoms with Crippen molar-refractivity contribution >= 4 is 42.2 Å². The van der Waals surface area contributed by atoms with Gasteiger partial charge < -0.3 is 4.90 Å². The molecule has 0 saturated carbocycles. The first kappa shape index (κ1) is 20.6. The van der Waals surface area contributed by atoms with Crippen LogP contribution >= 0.6 is 27.3 Å². The molecule has 4 nitrogen and oxygen atoms in total. The molecule has 4 rings (SSSR count). The van der Waals surface area contributed by atoms with Crippen molar-refractivity contribution in [1.82, 2.24) is 4.98 Å². The highest BCUT2D eigenvalue weighted by atomic mass is 79.9. The summed E-state index contributed by atoms with van der Waals surface area (Å²) in [5, 5.41) is 2.77. The fraction of sp³-hybridized carbons (Fsp3) is 0.318. The van der Waals surface area contributed by atoms with Gasteiger partial charge in [0, 0.05) is 29.4 Å². The van der Waals surface area contributed by atoms with Crippen molar-refractivity contribution < 1.29 is 8.42 Å². The third-order valence-electron chi connectivity index (χ3n) is 5.31. The lowest BCUT2D eigenvalue weighted by molar-refractivity contribution is 0.529. The molecule has 0 atom stereocenters. The van der Waals surface area contributed by atoms with E-state index >= 15 is 0 Å². The summed E-state index contributed by atoms with van der Waals surface area (Å²) < 4.78 is 27.0. The largest absolute Gasteiger partial charge is 0.348 e. The number of halogens is 1. The molecule has 1 aliphatic heterocycles. The minimum Gasteiger partial charge on any atom is -0.348 e. The molecule has 29 heavy (non-hydrogen) atoms. The van der Waals surface area contributed by atoms with Gasteiger partial charge in [-0.15, -0.1) is 11.3 Å². The van der Waals surface area contributed by atoms with Crippen LogP contribution in [-0.2, 0) is 16.3 Å². The van der Waals surface area contributed by atoms with Gasteiger partial charge in [0.2, 0.25) is 0 Å². The van der Waals surface area contributed by atoms with Gasteiger partial charge in [0.25, 0.3) is 0 Å². The number of rotatable bonds is 5. The summed E-state index contributed by atoms with van der Waals surface area (Å²) in [5.74, 6) is 0. The lowest BCUT2D eigenvalue weighted by atomic mass is 10.1. The summed E-state index contributed by atoms with van der Waals surface area (Å²) in [4.78, 5) is 7.45.